The second-order valence-electron chi connectivity index (χ2n) is 2.89. The molecule has 1 aromatic rings. The van der Waals surface area contributed by atoms with Crippen LogP contribution in [-0.2, 0) is 4.84 Å². The highest BCUT2D eigenvalue weighted by atomic mass is 32.1. The molecule has 0 saturated carbocycles. The second kappa shape index (κ2) is 5.22. The molecule has 16 heavy (non-hydrogen) atoms. The second-order valence-corrected chi connectivity index (χ2v) is 3.46. The van der Waals surface area contributed by atoms with Crippen molar-refractivity contribution in [3.63, 3.8) is 0 Å². The summed E-state index contributed by atoms with van der Waals surface area (Å²) in [5.74, 6) is -0.655. The average Bonchev–Trinajstić information content (AvgIpc) is 2.25. The van der Waals surface area contributed by atoms with Crippen LogP contribution in [0.4, 0.5) is 4.79 Å². The zero-order valence-electron chi connectivity index (χ0n) is 8.54. The molecule has 0 heterocycles. The number of amides is 3. The predicted octanol–water partition coefficient (Wildman–Crippen LogP) is 1.49. The van der Waals surface area contributed by atoms with Crippen molar-refractivity contribution in [2.45, 2.75) is 6.92 Å². The van der Waals surface area contributed by atoms with Crippen molar-refractivity contribution >= 4 is 29.2 Å². The van der Waals surface area contributed by atoms with Crippen molar-refractivity contribution in [1.82, 2.24) is 5.06 Å². The molecule has 0 saturated heterocycles. The van der Waals surface area contributed by atoms with Crippen LogP contribution in [0, 0.1) is 0 Å². The quantitative estimate of drug-likeness (QED) is 0.594. The van der Waals surface area contributed by atoms with E-state index in [1.54, 1.807) is 30.3 Å². The minimum atomic E-state index is -1.02. The Morgan fingerprint density at radius 2 is 1.88 bits per heavy atom. The van der Waals surface area contributed by atoms with E-state index in [1.165, 1.54) is 6.92 Å². The minimum Gasteiger partial charge on any atom is -0.360 e. The van der Waals surface area contributed by atoms with Gasteiger partial charge in [0.1, 0.15) is 0 Å². The third-order valence-electron chi connectivity index (χ3n) is 1.63. The van der Waals surface area contributed by atoms with Crippen LogP contribution in [-0.4, -0.2) is 22.1 Å². The van der Waals surface area contributed by atoms with E-state index in [9.17, 15) is 9.59 Å². The van der Waals surface area contributed by atoms with E-state index in [1.807, 2.05) is 0 Å². The number of primary amides is 1. The van der Waals surface area contributed by atoms with Crippen molar-refractivity contribution in [2.75, 3.05) is 0 Å². The number of nitrogens with two attached hydrogens (primary N) is 1. The summed E-state index contributed by atoms with van der Waals surface area (Å²) in [5.41, 5.74) is 5.29. The van der Waals surface area contributed by atoms with Crippen molar-refractivity contribution in [3.05, 3.63) is 35.9 Å². The lowest BCUT2D eigenvalue weighted by Gasteiger charge is -2.17. The molecule has 0 radical (unpaired) electrons. The molecule has 0 aliphatic rings. The van der Waals surface area contributed by atoms with Crippen LogP contribution in [0.5, 0.6) is 0 Å². The van der Waals surface area contributed by atoms with Gasteiger partial charge < -0.3 is 10.6 Å². The summed E-state index contributed by atoms with van der Waals surface area (Å²) >= 11 is 4.64. The number of imide groups is 1. The number of hydroxylamine groups is 2. The standard InChI is InChI=1S/C10H10N2O3S/c1-7(16)15-12(10(11)14)9(13)8-5-3-2-4-6-8/h2-6H,1H3,(H2,11,14). The van der Waals surface area contributed by atoms with Crippen LogP contribution >= 0.6 is 12.2 Å². The topological polar surface area (TPSA) is 72.6 Å². The van der Waals surface area contributed by atoms with Gasteiger partial charge >= 0.3 is 6.03 Å². The molecule has 0 spiro atoms. The number of benzene rings is 1. The summed E-state index contributed by atoms with van der Waals surface area (Å²) < 4.78 is 0. The Bertz CT molecular complexity index is 419. The van der Waals surface area contributed by atoms with E-state index in [4.69, 9.17) is 10.6 Å². The highest BCUT2D eigenvalue weighted by Crippen LogP contribution is 2.05. The fourth-order valence-electron chi connectivity index (χ4n) is 1.01. The number of urea groups is 1. The molecule has 84 valence electrons. The van der Waals surface area contributed by atoms with Crippen LogP contribution in [0.1, 0.15) is 17.3 Å². The number of nitrogens with zero attached hydrogens (tertiary/aromatic N) is 1. The lowest BCUT2D eigenvalue weighted by atomic mass is 10.2. The van der Waals surface area contributed by atoms with E-state index >= 15 is 0 Å². The maximum absolute atomic E-state index is 11.8. The van der Waals surface area contributed by atoms with Crippen molar-refractivity contribution in [2.24, 2.45) is 5.73 Å². The number of carbonyl (C=O) groups is 2. The summed E-state index contributed by atoms with van der Waals surface area (Å²) in [6.07, 6.45) is 0. The Kier molecular flexibility index (Phi) is 3.96. The van der Waals surface area contributed by atoms with Crippen LogP contribution in [0.15, 0.2) is 30.3 Å². The van der Waals surface area contributed by atoms with E-state index in [-0.39, 0.29) is 10.6 Å². The number of hydrogen-bond acceptors (Lipinski definition) is 4. The van der Waals surface area contributed by atoms with Gasteiger partial charge in [0.2, 0.25) is 0 Å². The summed E-state index contributed by atoms with van der Waals surface area (Å²) in [4.78, 5) is 27.5. The number of hydrogen-bond donors (Lipinski definition) is 1. The Hall–Kier alpha value is -1.95. The summed E-state index contributed by atoms with van der Waals surface area (Å²) in [6, 6.07) is 7.14. The third kappa shape index (κ3) is 3.03. The molecule has 0 aliphatic heterocycles. The van der Waals surface area contributed by atoms with Crippen molar-refractivity contribution in [1.29, 1.82) is 0 Å². The molecule has 0 fully saturated rings. The normalized spacial score (nSPS) is 9.31. The molecule has 0 bridgehead atoms. The van der Waals surface area contributed by atoms with Gasteiger partial charge in [-0.1, -0.05) is 23.3 Å². The number of thiocarbonyl (C=S) groups is 1. The van der Waals surface area contributed by atoms with Crippen LogP contribution in [0.25, 0.3) is 0 Å². The molecule has 0 aliphatic carbocycles. The zero-order chi connectivity index (χ0) is 12.1. The summed E-state index contributed by atoms with van der Waals surface area (Å²) in [6.45, 7) is 1.43. The van der Waals surface area contributed by atoms with Crippen molar-refractivity contribution < 1.29 is 14.4 Å². The zero-order valence-corrected chi connectivity index (χ0v) is 9.36. The highest BCUT2D eigenvalue weighted by Gasteiger charge is 2.22. The molecule has 0 unspecified atom stereocenters. The van der Waals surface area contributed by atoms with Crippen LogP contribution in [0.2, 0.25) is 0 Å². The Balaban J connectivity index is 2.92. The molecule has 5 nitrogen and oxygen atoms in total. The fraction of sp³-hybridized carbons (Fsp3) is 0.100. The van der Waals surface area contributed by atoms with Gasteiger partial charge in [-0.3, -0.25) is 4.79 Å². The van der Waals surface area contributed by atoms with Gasteiger partial charge in [0.15, 0.2) is 5.05 Å². The van der Waals surface area contributed by atoms with E-state index in [0.29, 0.717) is 5.06 Å². The van der Waals surface area contributed by atoms with Gasteiger partial charge in [0.05, 0.1) is 0 Å². The van der Waals surface area contributed by atoms with E-state index in [2.05, 4.69) is 12.2 Å². The van der Waals surface area contributed by atoms with Gasteiger partial charge in [-0.2, -0.15) is 0 Å². The predicted molar refractivity (Wildman–Crippen MR) is 61.6 cm³/mol. The van der Waals surface area contributed by atoms with Gasteiger partial charge in [-0.15, -0.1) is 0 Å². The van der Waals surface area contributed by atoms with E-state index in [0.717, 1.165) is 0 Å². The molecule has 1 aromatic carbocycles. The van der Waals surface area contributed by atoms with Crippen LogP contribution in [0.3, 0.4) is 0 Å². The first kappa shape index (κ1) is 12.1. The molecule has 0 atom stereocenters. The van der Waals surface area contributed by atoms with E-state index < -0.39 is 11.9 Å². The van der Waals surface area contributed by atoms with Crippen molar-refractivity contribution in [3.8, 4) is 0 Å². The first-order valence-electron chi connectivity index (χ1n) is 4.40. The van der Waals surface area contributed by atoms with Gasteiger partial charge in [0, 0.05) is 12.5 Å². The first-order valence-corrected chi connectivity index (χ1v) is 4.80. The lowest BCUT2D eigenvalue weighted by molar-refractivity contribution is -0.00684. The fourth-order valence-corrected chi connectivity index (χ4v) is 1.09. The van der Waals surface area contributed by atoms with Gasteiger partial charge in [-0.25, -0.2) is 4.79 Å². The largest absolute Gasteiger partial charge is 0.360 e. The molecule has 3 amide bonds. The number of rotatable bonds is 1. The molecule has 2 N–H and O–H groups in total. The molecule has 1 rings (SSSR count). The maximum atomic E-state index is 11.8. The Morgan fingerprint density at radius 3 is 2.31 bits per heavy atom. The maximum Gasteiger partial charge on any atom is 0.355 e. The third-order valence-corrected chi connectivity index (χ3v) is 1.70. The monoisotopic (exact) mass is 238 g/mol. The Morgan fingerprint density at radius 1 is 1.31 bits per heavy atom. The average molecular weight is 238 g/mol. The SMILES string of the molecule is CC(=S)ON(C(N)=O)C(=O)c1ccccc1. The number of carbonyl (C=O) groups excluding carboxylic acids is 2. The smallest absolute Gasteiger partial charge is 0.355 e. The molecule has 6 heteroatoms. The summed E-state index contributed by atoms with van der Waals surface area (Å²) in [7, 11) is 0. The minimum absolute atomic E-state index is 0.0306. The molecular weight excluding hydrogens is 228 g/mol. The molecule has 0 aromatic heterocycles. The van der Waals surface area contributed by atoms with Gasteiger partial charge in [-0.05, 0) is 24.4 Å². The van der Waals surface area contributed by atoms with Gasteiger partial charge in [0.25, 0.3) is 5.91 Å². The summed E-state index contributed by atoms with van der Waals surface area (Å²) in [5, 5.41) is 0.459. The first-order chi connectivity index (χ1) is 7.52. The molecular formula is C10H10N2O3S. The Labute approximate surface area is 97.7 Å². The lowest BCUT2D eigenvalue weighted by Crippen LogP contribution is -2.41. The highest BCUT2D eigenvalue weighted by molar-refractivity contribution is 7.80. The van der Waals surface area contributed by atoms with Crippen LogP contribution < -0.4 is 5.73 Å².